The summed E-state index contributed by atoms with van der Waals surface area (Å²) >= 11 is 0. The minimum atomic E-state index is 0.590. The zero-order valence-corrected chi connectivity index (χ0v) is 11.9. The molecular weight excluding hydrogens is 224 g/mol. The van der Waals surface area contributed by atoms with Crippen molar-refractivity contribution in [3.8, 4) is 5.75 Å². The molecule has 0 spiro atoms. The molecule has 1 unspecified atom stereocenters. The SMILES string of the molecule is COc1c(C)cnc(CNC(C)C2CCC2)c1C. The summed E-state index contributed by atoms with van der Waals surface area (Å²) in [6.45, 7) is 7.24. The molecule has 1 saturated carbocycles. The third-order valence-corrected chi connectivity index (χ3v) is 4.20. The van der Waals surface area contributed by atoms with Crippen LogP contribution in [0.2, 0.25) is 0 Å². The van der Waals surface area contributed by atoms with E-state index >= 15 is 0 Å². The van der Waals surface area contributed by atoms with Gasteiger partial charge in [-0.05, 0) is 39.5 Å². The average Bonchev–Trinajstić information content (AvgIpc) is 2.26. The van der Waals surface area contributed by atoms with E-state index in [1.54, 1.807) is 7.11 Å². The molecule has 0 aromatic carbocycles. The number of aromatic nitrogens is 1. The Labute approximate surface area is 110 Å². The van der Waals surface area contributed by atoms with Crippen LogP contribution in [0.4, 0.5) is 0 Å². The summed E-state index contributed by atoms with van der Waals surface area (Å²) in [5.41, 5.74) is 3.36. The minimum Gasteiger partial charge on any atom is -0.496 e. The average molecular weight is 248 g/mol. The summed E-state index contributed by atoms with van der Waals surface area (Å²) in [5.74, 6) is 1.83. The molecule has 0 amide bonds. The monoisotopic (exact) mass is 248 g/mol. The van der Waals surface area contributed by atoms with E-state index < -0.39 is 0 Å². The van der Waals surface area contributed by atoms with Gasteiger partial charge in [0.15, 0.2) is 0 Å². The van der Waals surface area contributed by atoms with Gasteiger partial charge in [0.25, 0.3) is 0 Å². The number of hydrogen-bond acceptors (Lipinski definition) is 3. The maximum absolute atomic E-state index is 5.44. The summed E-state index contributed by atoms with van der Waals surface area (Å²) < 4.78 is 5.44. The van der Waals surface area contributed by atoms with Gasteiger partial charge in [-0.1, -0.05) is 6.42 Å². The topological polar surface area (TPSA) is 34.1 Å². The minimum absolute atomic E-state index is 0.590. The molecule has 1 aliphatic carbocycles. The van der Waals surface area contributed by atoms with E-state index in [0.717, 1.165) is 35.0 Å². The van der Waals surface area contributed by atoms with Crippen LogP contribution in [0.5, 0.6) is 5.75 Å². The summed E-state index contributed by atoms with van der Waals surface area (Å²) in [5, 5.41) is 3.59. The Balaban J connectivity index is 2.00. The molecule has 1 aromatic heterocycles. The molecule has 1 aromatic rings. The highest BCUT2D eigenvalue weighted by Crippen LogP contribution is 2.30. The summed E-state index contributed by atoms with van der Waals surface area (Å²) in [6, 6.07) is 0.590. The van der Waals surface area contributed by atoms with Crippen LogP contribution in [-0.4, -0.2) is 18.1 Å². The lowest BCUT2D eigenvalue weighted by Gasteiger charge is -2.32. The number of hydrogen-bond donors (Lipinski definition) is 1. The zero-order valence-electron chi connectivity index (χ0n) is 11.9. The number of nitrogens with zero attached hydrogens (tertiary/aromatic N) is 1. The Morgan fingerprint density at radius 1 is 1.44 bits per heavy atom. The molecule has 0 bridgehead atoms. The molecule has 100 valence electrons. The number of pyridine rings is 1. The van der Waals surface area contributed by atoms with E-state index in [-0.39, 0.29) is 0 Å². The Bertz CT molecular complexity index is 413. The van der Waals surface area contributed by atoms with Crippen molar-refractivity contribution in [1.82, 2.24) is 10.3 Å². The standard InChI is InChI=1S/C15H24N2O/c1-10-8-17-14(11(2)15(10)18-4)9-16-12(3)13-6-5-7-13/h8,12-13,16H,5-7,9H2,1-4H3. The first kappa shape index (κ1) is 13.3. The molecule has 0 radical (unpaired) electrons. The van der Waals surface area contributed by atoms with E-state index in [0.29, 0.717) is 6.04 Å². The van der Waals surface area contributed by atoms with Crippen LogP contribution in [-0.2, 0) is 6.54 Å². The molecule has 1 aliphatic rings. The van der Waals surface area contributed by atoms with Crippen molar-refractivity contribution in [2.24, 2.45) is 5.92 Å². The second-order valence-electron chi connectivity index (χ2n) is 5.41. The van der Waals surface area contributed by atoms with Gasteiger partial charge in [0.2, 0.25) is 0 Å². The van der Waals surface area contributed by atoms with Crippen LogP contribution in [0.1, 0.15) is 43.0 Å². The van der Waals surface area contributed by atoms with Gasteiger partial charge in [-0.15, -0.1) is 0 Å². The van der Waals surface area contributed by atoms with Crippen molar-refractivity contribution in [2.45, 2.75) is 52.6 Å². The zero-order chi connectivity index (χ0) is 13.1. The van der Waals surface area contributed by atoms with Crippen LogP contribution in [0.15, 0.2) is 6.20 Å². The molecule has 2 rings (SSSR count). The number of rotatable bonds is 5. The van der Waals surface area contributed by atoms with E-state index in [1.807, 2.05) is 13.1 Å². The second kappa shape index (κ2) is 5.70. The van der Waals surface area contributed by atoms with Crippen molar-refractivity contribution in [3.63, 3.8) is 0 Å². The second-order valence-corrected chi connectivity index (χ2v) is 5.41. The summed E-state index contributed by atoms with van der Waals surface area (Å²) in [6.07, 6.45) is 6.04. The Kier molecular flexibility index (Phi) is 4.23. The Hall–Kier alpha value is -1.09. The number of aryl methyl sites for hydroxylation is 1. The molecule has 1 atom stereocenters. The predicted molar refractivity (Wildman–Crippen MR) is 73.9 cm³/mol. The Morgan fingerprint density at radius 3 is 2.72 bits per heavy atom. The Morgan fingerprint density at radius 2 is 2.17 bits per heavy atom. The molecule has 0 saturated heterocycles. The van der Waals surface area contributed by atoms with Gasteiger partial charge in [-0.25, -0.2) is 0 Å². The maximum atomic E-state index is 5.44. The fourth-order valence-corrected chi connectivity index (χ4v) is 2.61. The lowest BCUT2D eigenvalue weighted by molar-refractivity contribution is 0.239. The molecular formula is C15H24N2O. The first-order chi connectivity index (χ1) is 8.63. The molecule has 18 heavy (non-hydrogen) atoms. The first-order valence-electron chi connectivity index (χ1n) is 6.86. The molecule has 1 N–H and O–H groups in total. The molecule has 3 nitrogen and oxygen atoms in total. The normalized spacial score (nSPS) is 17.3. The van der Waals surface area contributed by atoms with Crippen LogP contribution in [0, 0.1) is 19.8 Å². The fraction of sp³-hybridized carbons (Fsp3) is 0.667. The van der Waals surface area contributed by atoms with Crippen molar-refractivity contribution < 1.29 is 4.74 Å². The molecule has 3 heteroatoms. The summed E-state index contributed by atoms with van der Waals surface area (Å²) in [4.78, 5) is 4.52. The highest BCUT2D eigenvalue weighted by atomic mass is 16.5. The number of ether oxygens (including phenoxy) is 1. The van der Waals surface area contributed by atoms with Gasteiger partial charge in [-0.2, -0.15) is 0 Å². The largest absolute Gasteiger partial charge is 0.496 e. The van der Waals surface area contributed by atoms with E-state index in [4.69, 9.17) is 4.74 Å². The van der Waals surface area contributed by atoms with Gasteiger partial charge >= 0.3 is 0 Å². The highest BCUT2D eigenvalue weighted by molar-refractivity contribution is 5.40. The highest BCUT2D eigenvalue weighted by Gasteiger charge is 2.23. The molecule has 1 heterocycles. The fourth-order valence-electron chi connectivity index (χ4n) is 2.61. The van der Waals surface area contributed by atoms with Crippen molar-refractivity contribution >= 4 is 0 Å². The smallest absolute Gasteiger partial charge is 0.128 e. The first-order valence-corrected chi connectivity index (χ1v) is 6.86. The van der Waals surface area contributed by atoms with Crippen LogP contribution < -0.4 is 10.1 Å². The van der Waals surface area contributed by atoms with E-state index in [2.05, 4.69) is 24.1 Å². The van der Waals surface area contributed by atoms with Crippen molar-refractivity contribution in [1.29, 1.82) is 0 Å². The predicted octanol–water partition coefficient (Wildman–Crippen LogP) is 2.99. The lowest BCUT2D eigenvalue weighted by atomic mass is 9.80. The third kappa shape index (κ3) is 2.66. The van der Waals surface area contributed by atoms with E-state index in [9.17, 15) is 0 Å². The van der Waals surface area contributed by atoms with Crippen molar-refractivity contribution in [2.75, 3.05) is 7.11 Å². The number of nitrogens with one attached hydrogen (secondary N) is 1. The maximum Gasteiger partial charge on any atom is 0.128 e. The molecule has 0 aliphatic heterocycles. The molecule has 1 fully saturated rings. The van der Waals surface area contributed by atoms with Crippen LogP contribution in [0.25, 0.3) is 0 Å². The van der Waals surface area contributed by atoms with Crippen LogP contribution in [0.3, 0.4) is 0 Å². The summed E-state index contributed by atoms with van der Waals surface area (Å²) in [7, 11) is 1.73. The lowest BCUT2D eigenvalue weighted by Crippen LogP contribution is -2.36. The van der Waals surface area contributed by atoms with Gasteiger partial charge in [-0.3, -0.25) is 4.98 Å². The van der Waals surface area contributed by atoms with Gasteiger partial charge < -0.3 is 10.1 Å². The van der Waals surface area contributed by atoms with Crippen molar-refractivity contribution in [3.05, 3.63) is 23.0 Å². The number of methoxy groups -OCH3 is 1. The quantitative estimate of drug-likeness (QED) is 0.870. The van der Waals surface area contributed by atoms with Gasteiger partial charge in [0, 0.05) is 29.9 Å². The van der Waals surface area contributed by atoms with Crippen LogP contribution >= 0.6 is 0 Å². The third-order valence-electron chi connectivity index (χ3n) is 4.20. The van der Waals surface area contributed by atoms with Gasteiger partial charge in [0.05, 0.1) is 12.8 Å². The van der Waals surface area contributed by atoms with E-state index in [1.165, 1.54) is 19.3 Å². The van der Waals surface area contributed by atoms with Gasteiger partial charge in [0.1, 0.15) is 5.75 Å².